The predicted octanol–water partition coefficient (Wildman–Crippen LogP) is 1.33. The minimum Gasteiger partial charge on any atom is -0.497 e. The molecule has 1 amide bonds. The van der Waals surface area contributed by atoms with Crippen LogP contribution in [0.1, 0.15) is 17.5 Å². The van der Waals surface area contributed by atoms with E-state index in [1.807, 2.05) is 12.1 Å². The van der Waals surface area contributed by atoms with Crippen molar-refractivity contribution >= 4 is 15.9 Å². The maximum absolute atomic E-state index is 12.8. The summed E-state index contributed by atoms with van der Waals surface area (Å²) < 4.78 is 39.0. The smallest absolute Gasteiger partial charge is 0.241 e. The second-order valence-electron chi connectivity index (χ2n) is 8.25. The number of amides is 1. The van der Waals surface area contributed by atoms with Crippen LogP contribution in [-0.4, -0.2) is 57.4 Å². The summed E-state index contributed by atoms with van der Waals surface area (Å²) in [7, 11) is -2.41. The number of carbonyl (C=O) groups excluding carboxylic acids is 1. The van der Waals surface area contributed by atoms with Crippen LogP contribution >= 0.6 is 0 Å². The van der Waals surface area contributed by atoms with Gasteiger partial charge in [0.05, 0.1) is 37.2 Å². The zero-order valence-electron chi connectivity index (χ0n) is 18.3. The summed E-state index contributed by atoms with van der Waals surface area (Å²) in [6, 6.07) is 13.5. The van der Waals surface area contributed by atoms with Crippen molar-refractivity contribution in [2.24, 2.45) is 0 Å². The molecule has 3 atom stereocenters. The predicted molar refractivity (Wildman–Crippen MR) is 122 cm³/mol. The lowest BCUT2D eigenvalue weighted by atomic mass is 10.1. The Morgan fingerprint density at radius 2 is 1.85 bits per heavy atom. The molecule has 176 valence electrons. The summed E-state index contributed by atoms with van der Waals surface area (Å²) in [5.74, 6) is 0.276. The van der Waals surface area contributed by atoms with Gasteiger partial charge >= 0.3 is 0 Å². The summed E-state index contributed by atoms with van der Waals surface area (Å²) in [5, 5.41) is 12.8. The van der Waals surface area contributed by atoms with Gasteiger partial charge < -0.3 is 19.9 Å². The Morgan fingerprint density at radius 3 is 2.52 bits per heavy atom. The van der Waals surface area contributed by atoms with Crippen LogP contribution in [0.3, 0.4) is 0 Å². The molecule has 0 unspecified atom stereocenters. The number of benzene rings is 2. The van der Waals surface area contributed by atoms with Gasteiger partial charge in [-0.2, -0.15) is 0 Å². The molecule has 0 spiro atoms. The Bertz CT molecular complexity index is 1110. The van der Waals surface area contributed by atoms with E-state index in [4.69, 9.17) is 9.47 Å². The standard InChI is InChI=1S/C24H28N2O6S/c1-31-19-7-4-8-21(13-19)33(29,30)26-22-10-9-20(32-23(22)15-27)14-24(28)25-18-11-16-5-2-3-6-17(16)12-18/h2-10,13,18,20,22-23,26-27H,11-12,14-15H2,1H3,(H,25,28)/t20-,22-,23+/m1/s1. The van der Waals surface area contributed by atoms with Crippen LogP contribution in [0, 0.1) is 0 Å². The summed E-state index contributed by atoms with van der Waals surface area (Å²) in [5.41, 5.74) is 2.51. The third-order valence-electron chi connectivity index (χ3n) is 5.91. The van der Waals surface area contributed by atoms with Crippen molar-refractivity contribution in [3.8, 4) is 5.75 Å². The van der Waals surface area contributed by atoms with Gasteiger partial charge in [-0.3, -0.25) is 4.79 Å². The molecular formula is C24H28N2O6S. The molecule has 0 aromatic heterocycles. The highest BCUT2D eigenvalue weighted by atomic mass is 32.2. The van der Waals surface area contributed by atoms with Crippen molar-refractivity contribution in [3.63, 3.8) is 0 Å². The number of methoxy groups -OCH3 is 1. The third-order valence-corrected chi connectivity index (χ3v) is 7.37. The molecule has 9 heteroatoms. The van der Waals surface area contributed by atoms with E-state index in [1.165, 1.54) is 30.4 Å². The molecule has 0 radical (unpaired) electrons. The highest BCUT2D eigenvalue weighted by Gasteiger charge is 2.32. The maximum atomic E-state index is 12.8. The van der Waals surface area contributed by atoms with E-state index >= 15 is 0 Å². The number of aliphatic hydroxyl groups is 1. The van der Waals surface area contributed by atoms with E-state index in [0.29, 0.717) is 5.75 Å². The summed E-state index contributed by atoms with van der Waals surface area (Å²) in [4.78, 5) is 12.6. The monoisotopic (exact) mass is 472 g/mol. The van der Waals surface area contributed by atoms with Gasteiger partial charge in [0, 0.05) is 12.1 Å². The summed E-state index contributed by atoms with van der Waals surface area (Å²) >= 11 is 0. The lowest BCUT2D eigenvalue weighted by Gasteiger charge is -2.31. The Morgan fingerprint density at radius 1 is 1.12 bits per heavy atom. The first-order valence-electron chi connectivity index (χ1n) is 10.8. The molecule has 1 heterocycles. The fourth-order valence-electron chi connectivity index (χ4n) is 4.26. The van der Waals surface area contributed by atoms with E-state index in [0.717, 1.165) is 12.8 Å². The fraction of sp³-hybridized carbons (Fsp3) is 0.375. The lowest BCUT2D eigenvalue weighted by Crippen LogP contribution is -2.49. The molecule has 0 saturated heterocycles. The van der Waals surface area contributed by atoms with Crippen molar-refractivity contribution in [3.05, 3.63) is 71.8 Å². The molecule has 4 rings (SSSR count). The minimum atomic E-state index is -3.87. The minimum absolute atomic E-state index is 0.0472. The van der Waals surface area contributed by atoms with E-state index in [9.17, 15) is 18.3 Å². The Labute approximate surface area is 193 Å². The second kappa shape index (κ2) is 10.0. The van der Waals surface area contributed by atoms with Gasteiger partial charge in [-0.25, -0.2) is 13.1 Å². The van der Waals surface area contributed by atoms with Gasteiger partial charge in [0.2, 0.25) is 15.9 Å². The van der Waals surface area contributed by atoms with Crippen LogP contribution in [0.5, 0.6) is 5.75 Å². The van der Waals surface area contributed by atoms with Gasteiger partial charge in [-0.1, -0.05) is 42.5 Å². The van der Waals surface area contributed by atoms with Crippen molar-refractivity contribution in [1.29, 1.82) is 0 Å². The lowest BCUT2D eigenvalue weighted by molar-refractivity contribution is -0.125. The molecule has 1 aliphatic carbocycles. The van der Waals surface area contributed by atoms with Gasteiger partial charge in [-0.15, -0.1) is 0 Å². The SMILES string of the molecule is COc1cccc(S(=O)(=O)N[C@@H]2C=C[C@H](CC(=O)NC3Cc4ccccc4C3)O[C@H]2CO)c1. The first kappa shape index (κ1) is 23.4. The Kier molecular flexibility index (Phi) is 7.14. The topological polar surface area (TPSA) is 114 Å². The van der Waals surface area contributed by atoms with Crippen LogP contribution in [0.4, 0.5) is 0 Å². The Hall–Kier alpha value is -2.72. The molecule has 0 saturated carbocycles. The molecule has 33 heavy (non-hydrogen) atoms. The molecule has 0 fully saturated rings. The first-order chi connectivity index (χ1) is 15.9. The molecule has 2 aromatic rings. The quantitative estimate of drug-likeness (QED) is 0.500. The van der Waals surface area contributed by atoms with Crippen LogP contribution < -0.4 is 14.8 Å². The number of rotatable bonds is 8. The molecule has 1 aliphatic heterocycles. The average Bonchev–Trinajstić information content (AvgIpc) is 3.22. The number of hydrogen-bond donors (Lipinski definition) is 3. The van der Waals surface area contributed by atoms with Crippen LogP contribution in [0.15, 0.2) is 65.6 Å². The normalized spacial score (nSPS) is 22.7. The zero-order valence-corrected chi connectivity index (χ0v) is 19.1. The first-order valence-corrected chi connectivity index (χ1v) is 12.3. The third kappa shape index (κ3) is 5.62. The largest absolute Gasteiger partial charge is 0.497 e. The van der Waals surface area contributed by atoms with E-state index in [-0.39, 0.29) is 23.3 Å². The highest BCUT2D eigenvalue weighted by Crippen LogP contribution is 2.23. The number of hydrogen-bond acceptors (Lipinski definition) is 6. The molecular weight excluding hydrogens is 444 g/mol. The van der Waals surface area contributed by atoms with E-state index in [2.05, 4.69) is 22.2 Å². The number of sulfonamides is 1. The number of carbonyl (C=O) groups is 1. The number of ether oxygens (including phenoxy) is 2. The van der Waals surface area contributed by atoms with Crippen molar-refractivity contribution in [2.45, 2.75) is 48.4 Å². The maximum Gasteiger partial charge on any atom is 0.241 e. The number of fused-ring (bicyclic) bond motifs is 1. The van der Waals surface area contributed by atoms with Gasteiger partial charge in [0.1, 0.15) is 11.9 Å². The molecule has 3 N–H and O–H groups in total. The van der Waals surface area contributed by atoms with E-state index in [1.54, 1.807) is 24.3 Å². The van der Waals surface area contributed by atoms with Crippen LogP contribution in [-0.2, 0) is 32.4 Å². The number of aliphatic hydroxyl groups excluding tert-OH is 1. The molecule has 0 bridgehead atoms. The van der Waals surface area contributed by atoms with Crippen molar-refractivity contribution in [2.75, 3.05) is 13.7 Å². The molecule has 8 nitrogen and oxygen atoms in total. The summed E-state index contributed by atoms with van der Waals surface area (Å²) in [6.07, 6.45) is 3.62. The number of nitrogens with one attached hydrogen (secondary N) is 2. The average molecular weight is 473 g/mol. The highest BCUT2D eigenvalue weighted by molar-refractivity contribution is 7.89. The molecule has 2 aliphatic rings. The second-order valence-corrected chi connectivity index (χ2v) is 9.97. The van der Waals surface area contributed by atoms with Crippen molar-refractivity contribution < 1.29 is 27.8 Å². The fourth-order valence-corrected chi connectivity index (χ4v) is 5.51. The van der Waals surface area contributed by atoms with Gasteiger partial charge in [0.25, 0.3) is 0 Å². The van der Waals surface area contributed by atoms with Gasteiger partial charge in [-0.05, 0) is 36.1 Å². The van der Waals surface area contributed by atoms with Crippen molar-refractivity contribution in [1.82, 2.24) is 10.0 Å². The van der Waals surface area contributed by atoms with Crippen LogP contribution in [0.25, 0.3) is 0 Å². The molecule has 2 aromatic carbocycles. The Balaban J connectivity index is 1.35. The summed E-state index contributed by atoms with van der Waals surface area (Å²) in [6.45, 7) is -0.397. The van der Waals surface area contributed by atoms with Crippen LogP contribution in [0.2, 0.25) is 0 Å². The van der Waals surface area contributed by atoms with E-state index < -0.39 is 34.9 Å². The van der Waals surface area contributed by atoms with Gasteiger partial charge in [0.15, 0.2) is 0 Å². The zero-order chi connectivity index (χ0) is 23.4.